The summed E-state index contributed by atoms with van der Waals surface area (Å²) in [4.78, 5) is 20.0. The van der Waals surface area contributed by atoms with Crippen molar-refractivity contribution in [1.82, 2.24) is 15.1 Å². The van der Waals surface area contributed by atoms with Gasteiger partial charge < -0.3 is 19.9 Å². The van der Waals surface area contributed by atoms with Crippen LogP contribution in [0.2, 0.25) is 5.02 Å². The molecule has 0 atom stereocenters. The molecular weight excluding hydrogens is 388 g/mol. The summed E-state index contributed by atoms with van der Waals surface area (Å²) in [5.41, 5.74) is 1.81. The van der Waals surface area contributed by atoms with Crippen LogP contribution < -0.4 is 10.1 Å². The minimum Gasteiger partial charge on any atom is -0.492 e. The number of hydrogen-bond acceptors (Lipinski definition) is 3. The molecule has 0 aromatic heterocycles. The molecular formula is C22H29ClN4O2. The van der Waals surface area contributed by atoms with Crippen LogP contribution in [0.25, 0.3) is 0 Å². The van der Waals surface area contributed by atoms with E-state index in [2.05, 4.69) is 10.3 Å². The summed E-state index contributed by atoms with van der Waals surface area (Å²) < 4.78 is 5.74. The normalized spacial score (nSPS) is 11.1. The van der Waals surface area contributed by atoms with E-state index in [9.17, 15) is 4.79 Å². The Morgan fingerprint density at radius 1 is 1.14 bits per heavy atom. The highest BCUT2D eigenvalue weighted by molar-refractivity contribution is 6.30. The standard InChI is InChI=1S/C22H29ClN4O2/c1-24-22(27(4)13-14-29-20-10-6-9-19(23)16-20)25-12-11-17-7-5-8-18(15-17)21(28)26(2)3/h5-10,15-16H,11-14H2,1-4H3,(H,24,25). The van der Waals surface area contributed by atoms with Crippen LogP contribution in [0, 0.1) is 0 Å². The summed E-state index contributed by atoms with van der Waals surface area (Å²) in [7, 11) is 7.24. The van der Waals surface area contributed by atoms with Gasteiger partial charge in [-0.2, -0.15) is 0 Å². The lowest BCUT2D eigenvalue weighted by atomic mass is 10.1. The molecule has 0 saturated carbocycles. The van der Waals surface area contributed by atoms with E-state index in [1.54, 1.807) is 32.1 Å². The van der Waals surface area contributed by atoms with Crippen molar-refractivity contribution >= 4 is 23.5 Å². The van der Waals surface area contributed by atoms with E-state index in [1.807, 2.05) is 54.4 Å². The van der Waals surface area contributed by atoms with Gasteiger partial charge in [-0.3, -0.25) is 9.79 Å². The molecule has 1 N–H and O–H groups in total. The van der Waals surface area contributed by atoms with Crippen molar-refractivity contribution < 1.29 is 9.53 Å². The summed E-state index contributed by atoms with van der Waals surface area (Å²) in [5, 5.41) is 4.01. The van der Waals surface area contributed by atoms with Crippen LogP contribution in [0.4, 0.5) is 0 Å². The number of guanidine groups is 1. The zero-order chi connectivity index (χ0) is 21.2. The number of ether oxygens (including phenoxy) is 1. The van der Waals surface area contributed by atoms with Crippen molar-refractivity contribution in [3.05, 3.63) is 64.7 Å². The quantitative estimate of drug-likeness (QED) is 0.530. The molecule has 0 heterocycles. The summed E-state index contributed by atoms with van der Waals surface area (Å²) >= 11 is 5.97. The Kier molecular flexibility index (Phi) is 8.80. The lowest BCUT2D eigenvalue weighted by Crippen LogP contribution is -2.41. The molecule has 2 aromatic carbocycles. The second kappa shape index (κ2) is 11.3. The largest absolute Gasteiger partial charge is 0.492 e. The van der Waals surface area contributed by atoms with E-state index < -0.39 is 0 Å². The number of amides is 1. The molecule has 2 rings (SSSR count). The molecule has 156 valence electrons. The summed E-state index contributed by atoms with van der Waals surface area (Å²) in [6, 6.07) is 15.1. The Balaban J connectivity index is 1.79. The molecule has 2 aromatic rings. The highest BCUT2D eigenvalue weighted by Crippen LogP contribution is 2.16. The van der Waals surface area contributed by atoms with Gasteiger partial charge in [-0.15, -0.1) is 0 Å². The average Bonchev–Trinajstić information content (AvgIpc) is 2.70. The number of rotatable bonds is 8. The zero-order valence-corrected chi connectivity index (χ0v) is 18.2. The molecule has 0 unspecified atom stereocenters. The highest BCUT2D eigenvalue weighted by atomic mass is 35.5. The topological polar surface area (TPSA) is 57.2 Å². The molecule has 0 spiro atoms. The van der Waals surface area contributed by atoms with Gasteiger partial charge in [-0.1, -0.05) is 29.8 Å². The van der Waals surface area contributed by atoms with E-state index in [0.717, 1.165) is 23.7 Å². The van der Waals surface area contributed by atoms with Crippen molar-refractivity contribution in [2.24, 2.45) is 4.99 Å². The number of nitrogens with zero attached hydrogens (tertiary/aromatic N) is 3. The highest BCUT2D eigenvalue weighted by Gasteiger charge is 2.09. The third-order valence-corrected chi connectivity index (χ3v) is 4.58. The average molecular weight is 417 g/mol. The number of hydrogen-bond donors (Lipinski definition) is 1. The Hall–Kier alpha value is -2.73. The molecule has 7 heteroatoms. The number of halogens is 1. The molecule has 0 radical (unpaired) electrons. The van der Waals surface area contributed by atoms with E-state index in [0.29, 0.717) is 30.3 Å². The fraction of sp³-hybridized carbons (Fsp3) is 0.364. The number of nitrogens with one attached hydrogen (secondary N) is 1. The number of aliphatic imine (C=N–C) groups is 1. The predicted octanol–water partition coefficient (Wildman–Crippen LogP) is 3.17. The van der Waals surface area contributed by atoms with Gasteiger partial charge in [0.15, 0.2) is 5.96 Å². The van der Waals surface area contributed by atoms with Gasteiger partial charge in [-0.05, 0) is 42.3 Å². The zero-order valence-electron chi connectivity index (χ0n) is 17.5. The predicted molar refractivity (Wildman–Crippen MR) is 119 cm³/mol. The van der Waals surface area contributed by atoms with E-state index >= 15 is 0 Å². The van der Waals surface area contributed by atoms with Gasteiger partial charge in [0, 0.05) is 45.3 Å². The van der Waals surface area contributed by atoms with E-state index in [1.165, 1.54) is 0 Å². The Labute approximate surface area is 178 Å². The molecule has 0 aliphatic heterocycles. The number of benzene rings is 2. The van der Waals surface area contributed by atoms with Crippen LogP contribution in [-0.4, -0.2) is 69.6 Å². The molecule has 0 saturated heterocycles. The molecule has 29 heavy (non-hydrogen) atoms. The van der Waals surface area contributed by atoms with Crippen LogP contribution in [0.15, 0.2) is 53.5 Å². The van der Waals surface area contributed by atoms with Gasteiger partial charge >= 0.3 is 0 Å². The maximum atomic E-state index is 12.1. The lowest BCUT2D eigenvalue weighted by Gasteiger charge is -2.22. The van der Waals surface area contributed by atoms with Crippen LogP contribution in [0.5, 0.6) is 5.75 Å². The summed E-state index contributed by atoms with van der Waals surface area (Å²) in [6.45, 7) is 1.91. The molecule has 0 aliphatic carbocycles. The van der Waals surface area contributed by atoms with Crippen molar-refractivity contribution in [3.63, 3.8) is 0 Å². The molecule has 0 bridgehead atoms. The lowest BCUT2D eigenvalue weighted by molar-refractivity contribution is 0.0827. The van der Waals surface area contributed by atoms with Gasteiger partial charge in [0.25, 0.3) is 5.91 Å². The van der Waals surface area contributed by atoms with Crippen molar-refractivity contribution in [3.8, 4) is 5.75 Å². The van der Waals surface area contributed by atoms with E-state index in [-0.39, 0.29) is 5.91 Å². The van der Waals surface area contributed by atoms with Gasteiger partial charge in [0.2, 0.25) is 0 Å². The van der Waals surface area contributed by atoms with Gasteiger partial charge in [0.05, 0.1) is 6.54 Å². The second-order valence-electron chi connectivity index (χ2n) is 6.85. The summed E-state index contributed by atoms with van der Waals surface area (Å²) in [5.74, 6) is 1.55. The Bertz CT molecular complexity index is 839. The van der Waals surface area contributed by atoms with Crippen molar-refractivity contribution in [2.75, 3.05) is 47.9 Å². The first-order valence-electron chi connectivity index (χ1n) is 9.51. The van der Waals surface area contributed by atoms with Crippen LogP contribution in [-0.2, 0) is 6.42 Å². The van der Waals surface area contributed by atoms with Crippen molar-refractivity contribution in [2.45, 2.75) is 6.42 Å². The number of likely N-dealkylation sites (N-methyl/N-ethyl adjacent to an activating group) is 1. The SMILES string of the molecule is CN=C(NCCc1cccc(C(=O)N(C)C)c1)N(C)CCOc1cccc(Cl)c1. The smallest absolute Gasteiger partial charge is 0.253 e. The molecule has 0 aliphatic rings. The van der Waals surface area contributed by atoms with Gasteiger partial charge in [-0.25, -0.2) is 0 Å². The summed E-state index contributed by atoms with van der Waals surface area (Å²) in [6.07, 6.45) is 0.792. The number of carbonyl (C=O) groups is 1. The fourth-order valence-electron chi connectivity index (χ4n) is 2.78. The molecule has 1 amide bonds. The van der Waals surface area contributed by atoms with Crippen molar-refractivity contribution in [1.29, 1.82) is 0 Å². The fourth-order valence-corrected chi connectivity index (χ4v) is 2.96. The van der Waals surface area contributed by atoms with E-state index in [4.69, 9.17) is 16.3 Å². The second-order valence-corrected chi connectivity index (χ2v) is 7.29. The maximum Gasteiger partial charge on any atom is 0.253 e. The molecule has 0 fully saturated rings. The Morgan fingerprint density at radius 2 is 1.90 bits per heavy atom. The monoisotopic (exact) mass is 416 g/mol. The maximum absolute atomic E-state index is 12.1. The third-order valence-electron chi connectivity index (χ3n) is 4.34. The first-order chi connectivity index (χ1) is 13.9. The molecule has 6 nitrogen and oxygen atoms in total. The third kappa shape index (κ3) is 7.31. The minimum atomic E-state index is 0.00931. The first kappa shape index (κ1) is 22.6. The minimum absolute atomic E-state index is 0.00931. The van der Waals surface area contributed by atoms with Crippen LogP contribution in [0.3, 0.4) is 0 Å². The van der Waals surface area contributed by atoms with Crippen LogP contribution >= 0.6 is 11.6 Å². The van der Waals surface area contributed by atoms with Crippen LogP contribution in [0.1, 0.15) is 15.9 Å². The number of carbonyl (C=O) groups excluding carboxylic acids is 1. The van der Waals surface area contributed by atoms with Gasteiger partial charge in [0.1, 0.15) is 12.4 Å². The Morgan fingerprint density at radius 3 is 2.59 bits per heavy atom. The first-order valence-corrected chi connectivity index (χ1v) is 9.89.